The van der Waals surface area contributed by atoms with E-state index in [1.54, 1.807) is 0 Å². The second kappa shape index (κ2) is 6.72. The van der Waals surface area contributed by atoms with E-state index in [4.69, 9.17) is 16.6 Å². The van der Waals surface area contributed by atoms with Gasteiger partial charge >= 0.3 is 0 Å². The summed E-state index contributed by atoms with van der Waals surface area (Å²) in [4.78, 5) is 11.3. The highest BCUT2D eigenvalue weighted by Gasteiger charge is 2.26. The Labute approximate surface area is 126 Å². The molecule has 0 unspecified atom stereocenters. The third kappa shape index (κ3) is 3.23. The minimum atomic E-state index is 0.134. The van der Waals surface area contributed by atoms with Gasteiger partial charge in [0.15, 0.2) is 0 Å². The van der Waals surface area contributed by atoms with Crippen molar-refractivity contribution in [3.63, 3.8) is 0 Å². The molecule has 5 heteroatoms. The quantitative estimate of drug-likeness (QED) is 0.847. The van der Waals surface area contributed by atoms with Crippen LogP contribution >= 0.6 is 11.6 Å². The fourth-order valence-corrected chi connectivity index (χ4v) is 2.99. The largest absolute Gasteiger partial charge is 0.395 e. The van der Waals surface area contributed by atoms with Gasteiger partial charge in [-0.05, 0) is 19.8 Å². The maximum Gasteiger partial charge on any atom is 0.137 e. The van der Waals surface area contributed by atoms with Crippen LogP contribution in [0.3, 0.4) is 0 Å². The van der Waals surface area contributed by atoms with E-state index in [-0.39, 0.29) is 12.5 Å². The maximum absolute atomic E-state index is 9.38. The summed E-state index contributed by atoms with van der Waals surface area (Å²) in [5, 5.41) is 9.91. The smallest absolute Gasteiger partial charge is 0.137 e. The predicted molar refractivity (Wildman–Crippen MR) is 82.6 cm³/mol. The van der Waals surface area contributed by atoms with Gasteiger partial charge in [0, 0.05) is 24.1 Å². The summed E-state index contributed by atoms with van der Waals surface area (Å²) in [5.74, 6) is 1.91. The van der Waals surface area contributed by atoms with E-state index < -0.39 is 0 Å². The van der Waals surface area contributed by atoms with Crippen LogP contribution < -0.4 is 4.90 Å². The van der Waals surface area contributed by atoms with E-state index in [9.17, 15) is 5.11 Å². The molecule has 4 nitrogen and oxygen atoms in total. The molecule has 0 atom stereocenters. The monoisotopic (exact) mass is 297 g/mol. The van der Waals surface area contributed by atoms with E-state index in [1.807, 2.05) is 6.92 Å². The summed E-state index contributed by atoms with van der Waals surface area (Å²) in [6.45, 7) is 6.83. The molecule has 0 spiro atoms. The molecule has 1 N–H and O–H groups in total. The fraction of sp³-hybridized carbons (Fsp3) is 0.733. The first-order valence-corrected chi connectivity index (χ1v) is 7.84. The minimum Gasteiger partial charge on any atom is -0.395 e. The second-order valence-corrected chi connectivity index (χ2v) is 6.19. The van der Waals surface area contributed by atoms with Gasteiger partial charge in [-0.2, -0.15) is 0 Å². The number of aliphatic hydroxyl groups excluding tert-OH is 1. The Morgan fingerprint density at radius 3 is 2.50 bits per heavy atom. The SMILES string of the molecule is Cc1c(Cl)nc(C(C)C)nc1N(CCO)C1CCCC1. The lowest BCUT2D eigenvalue weighted by Gasteiger charge is -2.31. The summed E-state index contributed by atoms with van der Waals surface area (Å²) in [5.41, 5.74) is 0.913. The molecule has 2 rings (SSSR count). The van der Waals surface area contributed by atoms with Gasteiger partial charge in [-0.15, -0.1) is 0 Å². The molecule has 1 fully saturated rings. The summed E-state index contributed by atoms with van der Waals surface area (Å²) < 4.78 is 0. The Bertz CT molecular complexity index is 459. The fourth-order valence-electron chi connectivity index (χ4n) is 2.82. The van der Waals surface area contributed by atoms with Crippen LogP contribution in [-0.2, 0) is 0 Å². The molecule has 0 saturated heterocycles. The molecule has 0 aromatic carbocycles. The molecule has 1 aliphatic rings. The average Bonchev–Trinajstić information content (AvgIpc) is 2.93. The number of aromatic nitrogens is 2. The highest BCUT2D eigenvalue weighted by Crippen LogP contribution is 2.31. The van der Waals surface area contributed by atoms with Crippen LogP contribution in [-0.4, -0.2) is 34.3 Å². The van der Waals surface area contributed by atoms with Crippen molar-refractivity contribution in [2.75, 3.05) is 18.1 Å². The lowest BCUT2D eigenvalue weighted by molar-refractivity contribution is 0.296. The van der Waals surface area contributed by atoms with Crippen LogP contribution in [0.25, 0.3) is 0 Å². The van der Waals surface area contributed by atoms with Crippen molar-refractivity contribution in [2.45, 2.75) is 58.4 Å². The zero-order valence-corrected chi connectivity index (χ0v) is 13.3. The van der Waals surface area contributed by atoms with E-state index in [0.717, 1.165) is 30.0 Å². The van der Waals surface area contributed by atoms with Gasteiger partial charge in [0.2, 0.25) is 0 Å². The topological polar surface area (TPSA) is 49.2 Å². The normalized spacial score (nSPS) is 16.1. The predicted octanol–water partition coefficient (Wildman–Crippen LogP) is 3.30. The molecule has 1 aromatic heterocycles. The van der Waals surface area contributed by atoms with Crippen LogP contribution in [0.2, 0.25) is 5.15 Å². The Morgan fingerprint density at radius 2 is 1.95 bits per heavy atom. The summed E-state index contributed by atoms with van der Waals surface area (Å²) >= 11 is 6.27. The van der Waals surface area contributed by atoms with Crippen molar-refractivity contribution in [1.82, 2.24) is 9.97 Å². The van der Waals surface area contributed by atoms with E-state index in [2.05, 4.69) is 23.7 Å². The molecule has 0 radical (unpaired) electrons. The number of halogens is 1. The zero-order valence-electron chi connectivity index (χ0n) is 12.6. The Hall–Kier alpha value is -0.870. The van der Waals surface area contributed by atoms with Crippen molar-refractivity contribution < 1.29 is 5.11 Å². The summed E-state index contributed by atoms with van der Waals surface area (Å²) in [6.07, 6.45) is 4.83. The number of nitrogens with zero attached hydrogens (tertiary/aromatic N) is 3. The summed E-state index contributed by atoms with van der Waals surface area (Å²) in [6, 6.07) is 0.465. The van der Waals surface area contributed by atoms with Crippen molar-refractivity contribution >= 4 is 17.4 Å². The van der Waals surface area contributed by atoms with Crippen LogP contribution in [0.4, 0.5) is 5.82 Å². The number of anilines is 1. The lowest BCUT2D eigenvalue weighted by Crippen LogP contribution is -2.37. The lowest BCUT2D eigenvalue weighted by atomic mass is 10.1. The van der Waals surface area contributed by atoms with Crippen molar-refractivity contribution in [3.05, 3.63) is 16.5 Å². The first-order chi connectivity index (χ1) is 9.54. The molecule has 0 aliphatic heterocycles. The Kier molecular flexibility index (Phi) is 5.22. The molecule has 1 saturated carbocycles. The van der Waals surface area contributed by atoms with E-state index in [0.29, 0.717) is 17.7 Å². The van der Waals surface area contributed by atoms with E-state index >= 15 is 0 Å². The third-order valence-electron chi connectivity index (χ3n) is 3.97. The standard InChI is InChI=1S/C15H24ClN3O/c1-10(2)14-17-13(16)11(3)15(18-14)19(8-9-20)12-6-4-5-7-12/h10,12,20H,4-9H2,1-3H3. The van der Waals surface area contributed by atoms with Crippen molar-refractivity contribution in [2.24, 2.45) is 0 Å². The zero-order chi connectivity index (χ0) is 14.7. The van der Waals surface area contributed by atoms with Crippen LogP contribution in [0.15, 0.2) is 0 Å². The Morgan fingerprint density at radius 1 is 1.30 bits per heavy atom. The molecular formula is C15H24ClN3O. The molecule has 20 heavy (non-hydrogen) atoms. The maximum atomic E-state index is 9.38. The van der Waals surface area contributed by atoms with Gasteiger partial charge in [-0.25, -0.2) is 9.97 Å². The number of aliphatic hydroxyl groups is 1. The van der Waals surface area contributed by atoms with Crippen LogP contribution in [0.5, 0.6) is 0 Å². The first-order valence-electron chi connectivity index (χ1n) is 7.46. The molecule has 1 heterocycles. The molecule has 1 aromatic rings. The van der Waals surface area contributed by atoms with Gasteiger partial charge in [-0.3, -0.25) is 0 Å². The van der Waals surface area contributed by atoms with Crippen molar-refractivity contribution in [1.29, 1.82) is 0 Å². The molecule has 1 aliphatic carbocycles. The van der Waals surface area contributed by atoms with Gasteiger partial charge < -0.3 is 10.0 Å². The number of rotatable bonds is 5. The van der Waals surface area contributed by atoms with E-state index in [1.165, 1.54) is 12.8 Å². The van der Waals surface area contributed by atoms with Crippen molar-refractivity contribution in [3.8, 4) is 0 Å². The van der Waals surface area contributed by atoms with Gasteiger partial charge in [0.05, 0.1) is 6.61 Å². The molecule has 0 bridgehead atoms. The number of hydrogen-bond acceptors (Lipinski definition) is 4. The first kappa shape index (κ1) is 15.5. The van der Waals surface area contributed by atoms with Crippen LogP contribution in [0, 0.1) is 6.92 Å². The molecular weight excluding hydrogens is 274 g/mol. The number of hydrogen-bond donors (Lipinski definition) is 1. The summed E-state index contributed by atoms with van der Waals surface area (Å²) in [7, 11) is 0. The highest BCUT2D eigenvalue weighted by atomic mass is 35.5. The molecule has 0 amide bonds. The average molecular weight is 298 g/mol. The third-order valence-corrected chi connectivity index (χ3v) is 4.34. The Balaban J connectivity index is 2.40. The minimum absolute atomic E-state index is 0.134. The second-order valence-electron chi connectivity index (χ2n) is 5.83. The van der Waals surface area contributed by atoms with Gasteiger partial charge in [0.25, 0.3) is 0 Å². The molecule has 112 valence electrons. The van der Waals surface area contributed by atoms with Gasteiger partial charge in [-0.1, -0.05) is 38.3 Å². The van der Waals surface area contributed by atoms with Crippen LogP contribution in [0.1, 0.15) is 56.8 Å². The highest BCUT2D eigenvalue weighted by molar-refractivity contribution is 6.30. The van der Waals surface area contributed by atoms with Gasteiger partial charge in [0.1, 0.15) is 16.8 Å².